The van der Waals surface area contributed by atoms with E-state index in [1.165, 1.54) is 302 Å². The van der Waals surface area contributed by atoms with Gasteiger partial charge in [0.2, 0.25) is 0 Å². The van der Waals surface area contributed by atoms with Crippen LogP contribution in [0.4, 0.5) is 0 Å². The van der Waals surface area contributed by atoms with Crippen LogP contribution in [0.25, 0.3) is 0 Å². The van der Waals surface area contributed by atoms with Crippen molar-refractivity contribution in [1.29, 1.82) is 0 Å². The monoisotopic (exact) mass is 1050 g/mol. The average molecular weight is 1050 g/mol. The van der Waals surface area contributed by atoms with E-state index in [0.29, 0.717) is 19.3 Å². The molecule has 0 aliphatic rings. The molecule has 0 bridgehead atoms. The maximum Gasteiger partial charge on any atom is 0.306 e. The van der Waals surface area contributed by atoms with Gasteiger partial charge in [-0.2, -0.15) is 0 Å². The Balaban J connectivity index is 4.04. The Morgan fingerprint density at radius 1 is 0.216 bits per heavy atom. The first-order valence-electron chi connectivity index (χ1n) is 34.0. The predicted molar refractivity (Wildman–Crippen MR) is 321 cm³/mol. The maximum atomic E-state index is 12.9. The van der Waals surface area contributed by atoms with Gasteiger partial charge in [0.1, 0.15) is 13.2 Å². The van der Waals surface area contributed by atoms with Gasteiger partial charge in [-0.05, 0) is 19.3 Å². The first-order valence-corrected chi connectivity index (χ1v) is 34.0. The normalized spacial score (nSPS) is 11.9. The van der Waals surface area contributed by atoms with Crippen molar-refractivity contribution in [2.75, 3.05) is 13.2 Å². The van der Waals surface area contributed by atoms with E-state index >= 15 is 0 Å². The molecule has 0 spiro atoms. The van der Waals surface area contributed by atoms with Gasteiger partial charge in [-0.15, -0.1) is 0 Å². The van der Waals surface area contributed by atoms with E-state index < -0.39 is 6.10 Å². The Labute approximate surface area is 463 Å². The number of esters is 3. The summed E-state index contributed by atoms with van der Waals surface area (Å²) >= 11 is 0. The lowest BCUT2D eigenvalue weighted by atomic mass is 10.0. The lowest BCUT2D eigenvalue weighted by Crippen LogP contribution is -2.30. The molecule has 6 nitrogen and oxygen atoms in total. The molecule has 74 heavy (non-hydrogen) atoms. The standard InChI is InChI=1S/C68H132O6/c1-4-7-10-13-16-19-21-23-25-27-29-30-31-32-33-34-35-36-37-38-39-41-42-44-46-49-52-55-58-61-67(70)73-64-65(63-72-66(69)60-57-54-51-48-18-15-12-9-6-3)74-68(71)62-59-56-53-50-47-45-43-40-28-26-24-22-20-17-14-11-8-5-2/h65H,4-64H2,1-3H3. The summed E-state index contributed by atoms with van der Waals surface area (Å²) in [6.07, 6.45) is 74.3. The number of carbonyl (C=O) groups is 3. The Kier molecular flexibility index (Phi) is 62.6. The van der Waals surface area contributed by atoms with Crippen molar-refractivity contribution in [1.82, 2.24) is 0 Å². The van der Waals surface area contributed by atoms with Crippen LogP contribution in [-0.2, 0) is 28.6 Å². The van der Waals surface area contributed by atoms with Crippen molar-refractivity contribution in [2.24, 2.45) is 0 Å². The third kappa shape index (κ3) is 61.3. The summed E-state index contributed by atoms with van der Waals surface area (Å²) in [5.74, 6) is -0.830. The lowest BCUT2D eigenvalue weighted by Gasteiger charge is -2.18. The molecule has 0 fully saturated rings. The van der Waals surface area contributed by atoms with Gasteiger partial charge in [0.15, 0.2) is 6.10 Å². The summed E-state index contributed by atoms with van der Waals surface area (Å²) < 4.78 is 16.9. The zero-order valence-corrected chi connectivity index (χ0v) is 50.7. The first kappa shape index (κ1) is 72.4. The highest BCUT2D eigenvalue weighted by Crippen LogP contribution is 2.19. The molecule has 0 aromatic heterocycles. The van der Waals surface area contributed by atoms with Crippen LogP contribution in [0, 0.1) is 0 Å². The van der Waals surface area contributed by atoms with Crippen LogP contribution in [-0.4, -0.2) is 37.2 Å². The zero-order valence-electron chi connectivity index (χ0n) is 50.7. The molecular weight excluding hydrogens is 913 g/mol. The number of rotatable bonds is 64. The SMILES string of the molecule is CCCCCCCCCCCCCCCCCCCCCCCCCCCCCCCC(=O)OCC(COC(=O)CCCCCCCCCCC)OC(=O)CCCCCCCCCCCCCCCCCCCC. The number of ether oxygens (including phenoxy) is 3. The van der Waals surface area contributed by atoms with Crippen LogP contribution in [0.2, 0.25) is 0 Å². The lowest BCUT2D eigenvalue weighted by molar-refractivity contribution is -0.167. The molecule has 0 aliphatic carbocycles. The Hall–Kier alpha value is -1.59. The second-order valence-corrected chi connectivity index (χ2v) is 23.5. The fraction of sp³-hybridized carbons (Fsp3) is 0.956. The van der Waals surface area contributed by atoms with E-state index in [-0.39, 0.29) is 31.1 Å². The molecular formula is C68H132O6. The Morgan fingerprint density at radius 2 is 0.365 bits per heavy atom. The highest BCUT2D eigenvalue weighted by molar-refractivity contribution is 5.71. The quantitative estimate of drug-likeness (QED) is 0.0343. The predicted octanol–water partition coefficient (Wildman–Crippen LogP) is 23.1. The molecule has 0 aromatic rings. The average Bonchev–Trinajstić information content (AvgIpc) is 3.40. The van der Waals surface area contributed by atoms with Gasteiger partial charge < -0.3 is 14.2 Å². The second kappa shape index (κ2) is 63.9. The Bertz CT molecular complexity index is 1110. The van der Waals surface area contributed by atoms with Gasteiger partial charge >= 0.3 is 17.9 Å². The molecule has 0 saturated carbocycles. The van der Waals surface area contributed by atoms with Crippen molar-refractivity contribution in [3.63, 3.8) is 0 Å². The third-order valence-corrected chi connectivity index (χ3v) is 15.9. The molecule has 1 unspecified atom stereocenters. The molecule has 0 rings (SSSR count). The molecule has 1 atom stereocenters. The summed E-state index contributed by atoms with van der Waals surface area (Å²) in [5, 5.41) is 0. The van der Waals surface area contributed by atoms with Gasteiger partial charge in [0, 0.05) is 19.3 Å². The van der Waals surface area contributed by atoms with Crippen LogP contribution in [0.5, 0.6) is 0 Å². The third-order valence-electron chi connectivity index (χ3n) is 15.9. The van der Waals surface area contributed by atoms with E-state index in [2.05, 4.69) is 20.8 Å². The van der Waals surface area contributed by atoms with Crippen molar-refractivity contribution in [2.45, 2.75) is 406 Å². The smallest absolute Gasteiger partial charge is 0.306 e. The summed E-state index contributed by atoms with van der Waals surface area (Å²) in [4.78, 5) is 38.2. The zero-order chi connectivity index (χ0) is 53.6. The molecule has 0 radical (unpaired) electrons. The maximum absolute atomic E-state index is 12.9. The minimum atomic E-state index is -0.761. The largest absolute Gasteiger partial charge is 0.462 e. The van der Waals surface area contributed by atoms with Crippen molar-refractivity contribution in [3.05, 3.63) is 0 Å². The topological polar surface area (TPSA) is 78.9 Å². The van der Waals surface area contributed by atoms with Crippen LogP contribution in [0.3, 0.4) is 0 Å². The van der Waals surface area contributed by atoms with Crippen LogP contribution in [0.15, 0.2) is 0 Å². The molecule has 0 saturated heterocycles. The van der Waals surface area contributed by atoms with Crippen LogP contribution in [0.1, 0.15) is 400 Å². The molecule has 440 valence electrons. The van der Waals surface area contributed by atoms with Gasteiger partial charge in [-0.1, -0.05) is 361 Å². The van der Waals surface area contributed by atoms with E-state index in [1.54, 1.807) is 0 Å². The van der Waals surface area contributed by atoms with E-state index in [0.717, 1.165) is 57.8 Å². The van der Waals surface area contributed by atoms with Gasteiger partial charge in [0.25, 0.3) is 0 Å². The minimum absolute atomic E-state index is 0.0609. The number of carbonyl (C=O) groups excluding carboxylic acids is 3. The van der Waals surface area contributed by atoms with Crippen molar-refractivity contribution < 1.29 is 28.6 Å². The van der Waals surface area contributed by atoms with Crippen LogP contribution < -0.4 is 0 Å². The molecule has 0 N–H and O–H groups in total. The van der Waals surface area contributed by atoms with Crippen molar-refractivity contribution in [3.8, 4) is 0 Å². The highest BCUT2D eigenvalue weighted by Gasteiger charge is 2.19. The fourth-order valence-corrected chi connectivity index (χ4v) is 10.7. The fourth-order valence-electron chi connectivity index (χ4n) is 10.7. The van der Waals surface area contributed by atoms with Crippen LogP contribution >= 0.6 is 0 Å². The molecule has 0 aromatic carbocycles. The summed E-state index contributed by atoms with van der Waals surface area (Å²) in [7, 11) is 0. The van der Waals surface area contributed by atoms with E-state index in [1.807, 2.05) is 0 Å². The van der Waals surface area contributed by atoms with Gasteiger partial charge in [-0.3, -0.25) is 14.4 Å². The molecule has 0 aliphatic heterocycles. The summed E-state index contributed by atoms with van der Waals surface area (Å²) in [6.45, 7) is 6.71. The van der Waals surface area contributed by atoms with E-state index in [9.17, 15) is 14.4 Å². The van der Waals surface area contributed by atoms with E-state index in [4.69, 9.17) is 14.2 Å². The number of unbranched alkanes of at least 4 members (excludes halogenated alkanes) is 53. The number of hydrogen-bond acceptors (Lipinski definition) is 6. The molecule has 6 heteroatoms. The van der Waals surface area contributed by atoms with Gasteiger partial charge in [0.05, 0.1) is 0 Å². The second-order valence-electron chi connectivity index (χ2n) is 23.5. The summed E-state index contributed by atoms with van der Waals surface area (Å²) in [5.41, 5.74) is 0. The summed E-state index contributed by atoms with van der Waals surface area (Å²) in [6, 6.07) is 0. The first-order chi connectivity index (χ1) is 36.5. The van der Waals surface area contributed by atoms with Gasteiger partial charge in [-0.25, -0.2) is 0 Å². The molecule has 0 amide bonds. The minimum Gasteiger partial charge on any atom is -0.462 e. The number of hydrogen-bond donors (Lipinski definition) is 0. The highest BCUT2D eigenvalue weighted by atomic mass is 16.6. The van der Waals surface area contributed by atoms with Crippen molar-refractivity contribution >= 4 is 17.9 Å². The Morgan fingerprint density at radius 3 is 0.541 bits per heavy atom. The molecule has 0 heterocycles.